The van der Waals surface area contributed by atoms with Gasteiger partial charge in [0.05, 0.1) is 6.61 Å². The Morgan fingerprint density at radius 3 is 2.39 bits per heavy atom. The van der Waals surface area contributed by atoms with Crippen LogP contribution in [0.1, 0.15) is 40.7 Å². The van der Waals surface area contributed by atoms with E-state index in [4.69, 9.17) is 9.84 Å². The van der Waals surface area contributed by atoms with Crippen LogP contribution in [0.15, 0.2) is 36.7 Å². The second kappa shape index (κ2) is 7.88. The molecule has 0 radical (unpaired) electrons. The molecule has 0 aliphatic heterocycles. The number of amides is 1. The van der Waals surface area contributed by atoms with E-state index in [1.165, 1.54) is 12.4 Å². The molecular weight excluding hydrogens is 298 g/mol. The fraction of sp³-hybridized carbons (Fsp3) is 0.250. The standard InChI is InChI=1S/C16H17N3O4/c1-2-3-10-23-12-6-4-11(5-7-12)19-15(20)13-14(16(21)22)18-9-8-17-13/h4-9H,2-3,10H2,1H3,(H,19,20)(H,21,22). The monoisotopic (exact) mass is 315 g/mol. The first-order valence-corrected chi connectivity index (χ1v) is 7.20. The Kier molecular flexibility index (Phi) is 5.62. The molecule has 0 saturated carbocycles. The molecule has 0 spiro atoms. The number of unbranched alkanes of at least 4 members (excludes halogenated alkanes) is 1. The van der Waals surface area contributed by atoms with Crippen LogP contribution in [0.3, 0.4) is 0 Å². The third-order valence-corrected chi connectivity index (χ3v) is 2.99. The molecule has 7 heteroatoms. The lowest BCUT2D eigenvalue weighted by Gasteiger charge is -2.08. The maximum absolute atomic E-state index is 12.1. The average molecular weight is 315 g/mol. The van der Waals surface area contributed by atoms with Gasteiger partial charge in [0, 0.05) is 18.1 Å². The van der Waals surface area contributed by atoms with Crippen molar-refractivity contribution in [1.82, 2.24) is 9.97 Å². The van der Waals surface area contributed by atoms with Crippen molar-refractivity contribution in [1.29, 1.82) is 0 Å². The summed E-state index contributed by atoms with van der Waals surface area (Å²) in [7, 11) is 0. The Morgan fingerprint density at radius 2 is 1.78 bits per heavy atom. The van der Waals surface area contributed by atoms with Crippen molar-refractivity contribution in [3.05, 3.63) is 48.0 Å². The van der Waals surface area contributed by atoms with Gasteiger partial charge in [0.2, 0.25) is 0 Å². The number of ether oxygens (including phenoxy) is 1. The van der Waals surface area contributed by atoms with Crippen LogP contribution in [0.5, 0.6) is 5.75 Å². The van der Waals surface area contributed by atoms with E-state index in [-0.39, 0.29) is 11.4 Å². The lowest BCUT2D eigenvalue weighted by molar-refractivity contribution is 0.0685. The topological polar surface area (TPSA) is 101 Å². The van der Waals surface area contributed by atoms with Gasteiger partial charge in [0.25, 0.3) is 5.91 Å². The van der Waals surface area contributed by atoms with E-state index in [2.05, 4.69) is 22.2 Å². The molecule has 1 aromatic heterocycles. The Bertz CT molecular complexity index is 686. The van der Waals surface area contributed by atoms with Gasteiger partial charge in [0.1, 0.15) is 5.75 Å². The van der Waals surface area contributed by atoms with Crippen LogP contribution in [0, 0.1) is 0 Å². The van der Waals surface area contributed by atoms with E-state index < -0.39 is 11.9 Å². The summed E-state index contributed by atoms with van der Waals surface area (Å²) in [4.78, 5) is 30.6. The maximum atomic E-state index is 12.1. The van der Waals surface area contributed by atoms with Gasteiger partial charge in [-0.3, -0.25) is 4.79 Å². The number of carboxylic acids is 1. The van der Waals surface area contributed by atoms with Gasteiger partial charge in [-0.05, 0) is 30.7 Å². The highest BCUT2D eigenvalue weighted by Crippen LogP contribution is 2.17. The van der Waals surface area contributed by atoms with E-state index in [0.717, 1.165) is 12.8 Å². The lowest BCUT2D eigenvalue weighted by atomic mass is 10.2. The van der Waals surface area contributed by atoms with Crippen molar-refractivity contribution in [3.63, 3.8) is 0 Å². The van der Waals surface area contributed by atoms with E-state index >= 15 is 0 Å². The number of hydrogen-bond donors (Lipinski definition) is 2. The fourth-order valence-electron chi connectivity index (χ4n) is 1.82. The summed E-state index contributed by atoms with van der Waals surface area (Å²) in [6.45, 7) is 2.73. The molecule has 0 aliphatic carbocycles. The number of nitrogens with one attached hydrogen (secondary N) is 1. The molecule has 1 aromatic carbocycles. The second-order valence-electron chi connectivity index (χ2n) is 4.74. The molecule has 2 rings (SSSR count). The van der Waals surface area contributed by atoms with Gasteiger partial charge in [0.15, 0.2) is 11.4 Å². The zero-order chi connectivity index (χ0) is 16.7. The number of aromatic carboxylic acids is 1. The number of rotatable bonds is 7. The van der Waals surface area contributed by atoms with Crippen LogP contribution in [0.25, 0.3) is 0 Å². The van der Waals surface area contributed by atoms with Crippen molar-refractivity contribution in [2.45, 2.75) is 19.8 Å². The predicted molar refractivity (Wildman–Crippen MR) is 83.8 cm³/mol. The fourth-order valence-corrected chi connectivity index (χ4v) is 1.82. The molecule has 0 unspecified atom stereocenters. The van der Waals surface area contributed by atoms with Crippen molar-refractivity contribution < 1.29 is 19.4 Å². The molecule has 120 valence electrons. The van der Waals surface area contributed by atoms with E-state index in [0.29, 0.717) is 18.0 Å². The molecule has 7 nitrogen and oxygen atoms in total. The van der Waals surface area contributed by atoms with Crippen LogP contribution in [0.2, 0.25) is 0 Å². The van der Waals surface area contributed by atoms with Gasteiger partial charge >= 0.3 is 5.97 Å². The highest BCUT2D eigenvalue weighted by molar-refractivity contribution is 6.08. The SMILES string of the molecule is CCCCOc1ccc(NC(=O)c2nccnc2C(=O)O)cc1. The summed E-state index contributed by atoms with van der Waals surface area (Å²) < 4.78 is 5.53. The number of benzene rings is 1. The van der Waals surface area contributed by atoms with Crippen LogP contribution in [0.4, 0.5) is 5.69 Å². The smallest absolute Gasteiger partial charge is 0.356 e. The summed E-state index contributed by atoms with van der Waals surface area (Å²) >= 11 is 0. The van der Waals surface area contributed by atoms with Crippen LogP contribution in [-0.2, 0) is 0 Å². The molecule has 0 saturated heterocycles. The first kappa shape index (κ1) is 16.4. The summed E-state index contributed by atoms with van der Waals surface area (Å²) in [5.74, 6) is -1.22. The zero-order valence-corrected chi connectivity index (χ0v) is 12.7. The predicted octanol–water partition coefficient (Wildman–Crippen LogP) is 2.61. The largest absolute Gasteiger partial charge is 0.494 e. The van der Waals surface area contributed by atoms with Crippen molar-refractivity contribution in [2.24, 2.45) is 0 Å². The summed E-state index contributed by atoms with van der Waals surface area (Å²) in [6.07, 6.45) is 4.52. The van der Waals surface area contributed by atoms with Crippen molar-refractivity contribution in [3.8, 4) is 5.75 Å². The quantitative estimate of drug-likeness (QED) is 0.762. The first-order chi connectivity index (χ1) is 11.1. The van der Waals surface area contributed by atoms with Gasteiger partial charge in [-0.15, -0.1) is 0 Å². The Labute approximate surface area is 133 Å². The molecule has 2 aromatic rings. The molecule has 0 fully saturated rings. The number of carbonyl (C=O) groups is 2. The highest BCUT2D eigenvalue weighted by atomic mass is 16.5. The number of carboxylic acid groups (broad SMARTS) is 1. The zero-order valence-electron chi connectivity index (χ0n) is 12.7. The summed E-state index contributed by atoms with van der Waals surface area (Å²) in [5, 5.41) is 11.6. The lowest BCUT2D eigenvalue weighted by Crippen LogP contribution is -2.19. The number of nitrogens with zero attached hydrogens (tertiary/aromatic N) is 2. The van der Waals surface area contributed by atoms with Crippen LogP contribution < -0.4 is 10.1 Å². The molecule has 1 amide bonds. The van der Waals surface area contributed by atoms with Gasteiger partial charge < -0.3 is 15.2 Å². The first-order valence-electron chi connectivity index (χ1n) is 7.20. The summed E-state index contributed by atoms with van der Waals surface area (Å²) in [6, 6.07) is 6.83. The molecular formula is C16H17N3O4. The molecule has 0 aliphatic rings. The van der Waals surface area contributed by atoms with Crippen molar-refractivity contribution >= 4 is 17.6 Å². The van der Waals surface area contributed by atoms with E-state index in [9.17, 15) is 9.59 Å². The minimum atomic E-state index is -1.30. The summed E-state index contributed by atoms with van der Waals surface area (Å²) in [5.41, 5.74) is -0.104. The minimum absolute atomic E-state index is 0.233. The number of anilines is 1. The number of aromatic nitrogens is 2. The van der Waals surface area contributed by atoms with Crippen LogP contribution >= 0.6 is 0 Å². The molecule has 0 bridgehead atoms. The van der Waals surface area contributed by atoms with Gasteiger partial charge in [-0.1, -0.05) is 13.3 Å². The molecule has 2 N–H and O–H groups in total. The minimum Gasteiger partial charge on any atom is -0.494 e. The van der Waals surface area contributed by atoms with Crippen molar-refractivity contribution in [2.75, 3.05) is 11.9 Å². The normalized spacial score (nSPS) is 10.1. The Morgan fingerprint density at radius 1 is 1.13 bits per heavy atom. The Balaban J connectivity index is 2.05. The van der Waals surface area contributed by atoms with Gasteiger partial charge in [-0.2, -0.15) is 0 Å². The Hall–Kier alpha value is -2.96. The molecule has 23 heavy (non-hydrogen) atoms. The van der Waals surface area contributed by atoms with Gasteiger partial charge in [-0.25, -0.2) is 14.8 Å². The van der Waals surface area contributed by atoms with E-state index in [1.54, 1.807) is 24.3 Å². The average Bonchev–Trinajstić information content (AvgIpc) is 2.56. The second-order valence-corrected chi connectivity index (χ2v) is 4.74. The number of hydrogen-bond acceptors (Lipinski definition) is 5. The van der Waals surface area contributed by atoms with E-state index in [1.807, 2.05) is 0 Å². The third-order valence-electron chi connectivity index (χ3n) is 2.99. The number of carbonyl (C=O) groups excluding carboxylic acids is 1. The van der Waals surface area contributed by atoms with Crippen LogP contribution in [-0.4, -0.2) is 33.6 Å². The molecule has 0 atom stereocenters. The highest BCUT2D eigenvalue weighted by Gasteiger charge is 2.19. The third kappa shape index (κ3) is 4.50. The maximum Gasteiger partial charge on any atom is 0.356 e. The molecule has 1 heterocycles.